The zero-order valence-electron chi connectivity index (χ0n) is 6.82. The summed E-state index contributed by atoms with van der Waals surface area (Å²) in [6.07, 6.45) is 7.16. The van der Waals surface area contributed by atoms with E-state index in [0.29, 0.717) is 5.41 Å². The molecular formula is C9H17N. The van der Waals surface area contributed by atoms with Gasteiger partial charge in [0.25, 0.3) is 0 Å². The second kappa shape index (κ2) is 1.76. The van der Waals surface area contributed by atoms with Crippen molar-refractivity contribution in [2.75, 3.05) is 6.54 Å². The van der Waals surface area contributed by atoms with Crippen molar-refractivity contribution in [2.24, 2.45) is 16.6 Å². The highest BCUT2D eigenvalue weighted by Crippen LogP contribution is 2.74. The maximum Gasteiger partial charge on any atom is -0.00199 e. The van der Waals surface area contributed by atoms with Gasteiger partial charge in [0.15, 0.2) is 0 Å². The molecule has 2 N–H and O–H groups in total. The van der Waals surface area contributed by atoms with Gasteiger partial charge in [0.1, 0.15) is 0 Å². The third-order valence-corrected chi connectivity index (χ3v) is 3.46. The Balaban J connectivity index is 1.86. The second-order valence-corrected chi connectivity index (χ2v) is 4.48. The molecule has 3 rings (SSSR count). The monoisotopic (exact) mass is 139 g/mol. The van der Waals surface area contributed by atoms with Crippen molar-refractivity contribution in [1.82, 2.24) is 0 Å². The lowest BCUT2D eigenvalue weighted by molar-refractivity contribution is -0.200. The highest BCUT2D eigenvalue weighted by atomic mass is 14.8. The van der Waals surface area contributed by atoms with Crippen molar-refractivity contribution in [1.29, 1.82) is 0 Å². The summed E-state index contributed by atoms with van der Waals surface area (Å²) < 4.78 is 0. The molecule has 0 aromatic rings. The fourth-order valence-electron chi connectivity index (χ4n) is 3.24. The van der Waals surface area contributed by atoms with Crippen molar-refractivity contribution < 1.29 is 0 Å². The van der Waals surface area contributed by atoms with E-state index in [1.54, 1.807) is 0 Å². The largest absolute Gasteiger partial charge is 0.330 e. The number of hydrogen-bond acceptors (Lipinski definition) is 1. The number of rotatable bonds is 3. The normalized spacial score (nSPS) is 49.8. The van der Waals surface area contributed by atoms with Crippen LogP contribution >= 0.6 is 0 Å². The highest BCUT2D eigenvalue weighted by Gasteiger charge is 2.65. The van der Waals surface area contributed by atoms with Crippen molar-refractivity contribution in [2.45, 2.75) is 39.0 Å². The zero-order chi connectivity index (χ0) is 7.24. The lowest BCUT2D eigenvalue weighted by atomic mass is 9.34. The molecule has 1 heteroatoms. The summed E-state index contributed by atoms with van der Waals surface area (Å²) in [4.78, 5) is 0. The molecule has 3 aliphatic carbocycles. The van der Waals surface area contributed by atoms with Crippen LogP contribution in [0.3, 0.4) is 0 Å². The van der Waals surface area contributed by atoms with Crippen molar-refractivity contribution >= 4 is 0 Å². The van der Waals surface area contributed by atoms with Crippen LogP contribution in [-0.4, -0.2) is 6.54 Å². The Labute approximate surface area is 63.0 Å². The van der Waals surface area contributed by atoms with Gasteiger partial charge in [-0.15, -0.1) is 0 Å². The van der Waals surface area contributed by atoms with E-state index in [1.807, 2.05) is 0 Å². The topological polar surface area (TPSA) is 26.0 Å². The van der Waals surface area contributed by atoms with Crippen LogP contribution in [0.15, 0.2) is 0 Å². The average molecular weight is 139 g/mol. The molecule has 0 heterocycles. The van der Waals surface area contributed by atoms with Gasteiger partial charge in [-0.2, -0.15) is 0 Å². The van der Waals surface area contributed by atoms with Crippen molar-refractivity contribution in [3.8, 4) is 0 Å². The first-order valence-corrected chi connectivity index (χ1v) is 4.44. The minimum Gasteiger partial charge on any atom is -0.330 e. The Morgan fingerprint density at radius 3 is 2.20 bits per heavy atom. The maximum absolute atomic E-state index is 5.66. The smallest absolute Gasteiger partial charge is 0.00199 e. The van der Waals surface area contributed by atoms with Gasteiger partial charge in [-0.05, 0) is 43.1 Å². The molecule has 0 atom stereocenters. The van der Waals surface area contributed by atoms with Crippen LogP contribution in [0.5, 0.6) is 0 Å². The molecule has 1 nitrogen and oxygen atoms in total. The molecule has 3 aliphatic rings. The molecule has 0 aromatic heterocycles. The van der Waals surface area contributed by atoms with Crippen molar-refractivity contribution in [3.63, 3.8) is 0 Å². The van der Waals surface area contributed by atoms with E-state index >= 15 is 0 Å². The van der Waals surface area contributed by atoms with Gasteiger partial charge in [0, 0.05) is 0 Å². The summed E-state index contributed by atoms with van der Waals surface area (Å²) in [5, 5.41) is 0. The van der Waals surface area contributed by atoms with E-state index in [9.17, 15) is 0 Å². The molecule has 0 aliphatic heterocycles. The summed E-state index contributed by atoms with van der Waals surface area (Å²) >= 11 is 0. The quantitative estimate of drug-likeness (QED) is 0.635. The van der Waals surface area contributed by atoms with Gasteiger partial charge >= 0.3 is 0 Å². The van der Waals surface area contributed by atoms with Crippen LogP contribution in [0.1, 0.15) is 39.0 Å². The molecule has 0 radical (unpaired) electrons. The first-order valence-electron chi connectivity index (χ1n) is 4.44. The summed E-state index contributed by atoms with van der Waals surface area (Å²) in [6.45, 7) is 3.23. The molecule has 3 saturated carbocycles. The Morgan fingerprint density at radius 1 is 1.20 bits per heavy atom. The zero-order valence-corrected chi connectivity index (χ0v) is 6.82. The van der Waals surface area contributed by atoms with Gasteiger partial charge < -0.3 is 5.73 Å². The van der Waals surface area contributed by atoms with Gasteiger partial charge in [-0.3, -0.25) is 0 Å². The summed E-state index contributed by atoms with van der Waals surface area (Å²) in [6, 6.07) is 0. The van der Waals surface area contributed by atoms with E-state index in [2.05, 4.69) is 6.92 Å². The molecule has 0 aromatic carbocycles. The molecule has 3 fully saturated rings. The van der Waals surface area contributed by atoms with Gasteiger partial charge in [0.05, 0.1) is 0 Å². The van der Waals surface area contributed by atoms with Crippen LogP contribution in [0.2, 0.25) is 0 Å². The number of hydrogen-bond donors (Lipinski definition) is 1. The summed E-state index contributed by atoms with van der Waals surface area (Å²) in [5.74, 6) is 0. The van der Waals surface area contributed by atoms with Crippen LogP contribution in [-0.2, 0) is 0 Å². The lowest BCUT2D eigenvalue weighted by Crippen LogP contribution is -2.64. The van der Waals surface area contributed by atoms with E-state index < -0.39 is 0 Å². The van der Waals surface area contributed by atoms with Crippen LogP contribution in [0, 0.1) is 10.8 Å². The highest BCUT2D eigenvalue weighted by molar-refractivity contribution is 5.16. The molecule has 0 amide bonds. The molecule has 0 unspecified atom stereocenters. The van der Waals surface area contributed by atoms with Crippen LogP contribution < -0.4 is 5.73 Å². The minimum absolute atomic E-state index is 0.648. The fourth-order valence-corrected chi connectivity index (χ4v) is 3.24. The summed E-state index contributed by atoms with van der Waals surface area (Å²) in [5.41, 5.74) is 7.11. The predicted molar refractivity (Wildman–Crippen MR) is 42.7 cm³/mol. The standard InChI is InChI=1S/C9H17N/c1-2-3-8-4-9(5-8,6-8)7-10/h2-7,10H2,1H3. The van der Waals surface area contributed by atoms with Gasteiger partial charge in [0.2, 0.25) is 0 Å². The predicted octanol–water partition coefficient (Wildman–Crippen LogP) is 1.92. The van der Waals surface area contributed by atoms with E-state index in [0.717, 1.165) is 12.0 Å². The molecule has 0 spiro atoms. The second-order valence-electron chi connectivity index (χ2n) is 4.48. The fraction of sp³-hybridized carbons (Fsp3) is 1.00. The van der Waals surface area contributed by atoms with Gasteiger partial charge in [-0.25, -0.2) is 0 Å². The van der Waals surface area contributed by atoms with Crippen molar-refractivity contribution in [3.05, 3.63) is 0 Å². The van der Waals surface area contributed by atoms with E-state index in [4.69, 9.17) is 5.73 Å². The molecular weight excluding hydrogens is 122 g/mol. The Kier molecular flexibility index (Phi) is 1.17. The minimum atomic E-state index is 0.648. The Hall–Kier alpha value is -0.0400. The Bertz CT molecular complexity index is 131. The molecule has 2 bridgehead atoms. The molecule has 0 saturated heterocycles. The SMILES string of the molecule is CCCC12CC(CN)(C1)C2. The average Bonchev–Trinajstić information content (AvgIpc) is 1.74. The summed E-state index contributed by atoms with van der Waals surface area (Å²) in [7, 11) is 0. The molecule has 10 heavy (non-hydrogen) atoms. The molecule has 58 valence electrons. The Morgan fingerprint density at radius 2 is 1.80 bits per heavy atom. The van der Waals surface area contributed by atoms with E-state index in [1.165, 1.54) is 32.1 Å². The third-order valence-electron chi connectivity index (χ3n) is 3.46. The first-order chi connectivity index (χ1) is 4.74. The first kappa shape index (κ1) is 6.66. The van der Waals surface area contributed by atoms with Gasteiger partial charge in [-0.1, -0.05) is 13.3 Å². The van der Waals surface area contributed by atoms with Crippen LogP contribution in [0.25, 0.3) is 0 Å². The lowest BCUT2D eigenvalue weighted by Gasteiger charge is -2.71. The van der Waals surface area contributed by atoms with Crippen LogP contribution in [0.4, 0.5) is 0 Å². The maximum atomic E-state index is 5.66. The number of nitrogens with two attached hydrogens (primary N) is 1. The third kappa shape index (κ3) is 0.619. The van der Waals surface area contributed by atoms with E-state index in [-0.39, 0.29) is 0 Å².